The van der Waals surface area contributed by atoms with Gasteiger partial charge in [-0.2, -0.15) is 0 Å². The summed E-state index contributed by atoms with van der Waals surface area (Å²) in [5, 5.41) is 2.88. The number of nitrogens with one attached hydrogen (secondary N) is 1. The van der Waals surface area contributed by atoms with Crippen molar-refractivity contribution in [3.8, 4) is 0 Å². The molecule has 1 heterocycles. The highest BCUT2D eigenvalue weighted by Gasteiger charge is 2.55. The average molecular weight is 485 g/mol. The molecule has 0 amide bonds. The Balaban J connectivity index is 2.55. The van der Waals surface area contributed by atoms with Gasteiger partial charge in [-0.1, -0.05) is 0 Å². The minimum atomic E-state index is -1.42. The molecule has 12 heteroatoms. The van der Waals surface area contributed by atoms with Crippen molar-refractivity contribution in [3.05, 3.63) is 30.1 Å². The van der Waals surface area contributed by atoms with Crippen LogP contribution >= 0.6 is 0 Å². The summed E-state index contributed by atoms with van der Waals surface area (Å²) in [6.07, 6.45) is -6.77. The third-order valence-corrected chi connectivity index (χ3v) is 4.70. The van der Waals surface area contributed by atoms with Crippen LogP contribution in [0.15, 0.2) is 24.3 Å². The lowest BCUT2D eigenvalue weighted by atomic mass is 9.92. The van der Waals surface area contributed by atoms with E-state index in [1.807, 2.05) is 0 Å². The highest BCUT2D eigenvalue weighted by molar-refractivity contribution is 5.80. The van der Waals surface area contributed by atoms with Gasteiger partial charge in [0.1, 0.15) is 11.9 Å². The van der Waals surface area contributed by atoms with Gasteiger partial charge in [0.05, 0.1) is 6.61 Å². The van der Waals surface area contributed by atoms with Crippen molar-refractivity contribution in [1.82, 2.24) is 0 Å². The predicted octanol–water partition coefficient (Wildman–Crippen LogP) is 1.34. The first-order valence-electron chi connectivity index (χ1n) is 10.5. The standard InChI is InChI=1S/C22H28FNO10/c1-6-30-21(28)16(24-15-9-7-14(23)8-10-15)17-18(31-11(2)25)19(32-12(3)26)20(33-13(4)27)22(29-5)34-17/h7-10,16-20,22,24H,6H2,1-5H3/t16?,17-,18-,19+,20-,22+/m1/s1. The fourth-order valence-corrected chi connectivity index (χ4v) is 3.50. The fraction of sp³-hybridized carbons (Fsp3) is 0.545. The van der Waals surface area contributed by atoms with Crippen LogP contribution in [-0.2, 0) is 47.6 Å². The maximum absolute atomic E-state index is 13.4. The maximum atomic E-state index is 13.4. The Labute approximate surface area is 195 Å². The second kappa shape index (κ2) is 12.3. The van der Waals surface area contributed by atoms with Gasteiger partial charge in [0.15, 0.2) is 30.6 Å². The second-order valence-corrected chi connectivity index (χ2v) is 7.31. The molecule has 1 unspecified atom stereocenters. The van der Waals surface area contributed by atoms with Crippen molar-refractivity contribution in [2.24, 2.45) is 0 Å². The number of esters is 4. The molecule has 0 radical (unpaired) electrons. The molecule has 6 atom stereocenters. The van der Waals surface area contributed by atoms with E-state index in [9.17, 15) is 23.6 Å². The molecule has 0 bridgehead atoms. The summed E-state index contributed by atoms with van der Waals surface area (Å²) in [5.74, 6) is -3.58. The minimum absolute atomic E-state index is 0.0164. The molecule has 0 aromatic heterocycles. The van der Waals surface area contributed by atoms with Crippen molar-refractivity contribution >= 4 is 29.6 Å². The molecule has 1 aliphatic rings. The maximum Gasteiger partial charge on any atom is 0.331 e. The summed E-state index contributed by atoms with van der Waals surface area (Å²) >= 11 is 0. The summed E-state index contributed by atoms with van der Waals surface area (Å²) in [6, 6.07) is 3.77. The number of benzene rings is 1. The van der Waals surface area contributed by atoms with Crippen LogP contribution in [-0.4, -0.2) is 74.3 Å². The molecule has 1 saturated heterocycles. The largest absolute Gasteiger partial charge is 0.464 e. The highest BCUT2D eigenvalue weighted by atomic mass is 19.1. The number of halogens is 1. The Hall–Kier alpha value is -3.25. The molecule has 1 N–H and O–H groups in total. The van der Waals surface area contributed by atoms with Gasteiger partial charge in [0.25, 0.3) is 0 Å². The number of methoxy groups -OCH3 is 1. The van der Waals surface area contributed by atoms with Crippen LogP contribution in [0.3, 0.4) is 0 Å². The smallest absolute Gasteiger partial charge is 0.331 e. The van der Waals surface area contributed by atoms with Gasteiger partial charge >= 0.3 is 23.9 Å². The molecule has 1 aromatic carbocycles. The van der Waals surface area contributed by atoms with Crippen molar-refractivity contribution in [2.75, 3.05) is 19.0 Å². The molecular weight excluding hydrogens is 457 g/mol. The van der Waals surface area contributed by atoms with E-state index in [4.69, 9.17) is 28.4 Å². The van der Waals surface area contributed by atoms with E-state index in [-0.39, 0.29) is 6.61 Å². The molecule has 2 rings (SSSR count). The molecule has 34 heavy (non-hydrogen) atoms. The van der Waals surface area contributed by atoms with Gasteiger partial charge in [0, 0.05) is 33.6 Å². The Morgan fingerprint density at radius 3 is 1.97 bits per heavy atom. The molecule has 0 saturated carbocycles. The SMILES string of the molecule is CCOC(=O)C(Nc1ccc(F)cc1)[C@H]1O[C@H](OC)[C@H](OC(C)=O)[C@@H](OC(C)=O)[C@@H]1OC(C)=O. The topological polar surface area (TPSA) is 136 Å². The first-order chi connectivity index (χ1) is 16.1. The predicted molar refractivity (Wildman–Crippen MR) is 113 cm³/mol. The van der Waals surface area contributed by atoms with Crippen LogP contribution in [0.2, 0.25) is 0 Å². The highest BCUT2D eigenvalue weighted by Crippen LogP contribution is 2.32. The first-order valence-corrected chi connectivity index (χ1v) is 10.5. The molecule has 0 spiro atoms. The van der Waals surface area contributed by atoms with E-state index in [1.54, 1.807) is 6.92 Å². The second-order valence-electron chi connectivity index (χ2n) is 7.31. The normalized spacial score (nSPS) is 24.9. The third kappa shape index (κ3) is 7.12. The summed E-state index contributed by atoms with van der Waals surface area (Å²) in [5.41, 5.74) is 0.324. The average Bonchev–Trinajstić information content (AvgIpc) is 2.75. The Morgan fingerprint density at radius 2 is 1.47 bits per heavy atom. The van der Waals surface area contributed by atoms with Crippen LogP contribution in [0.5, 0.6) is 0 Å². The number of hydrogen-bond donors (Lipinski definition) is 1. The summed E-state index contributed by atoms with van der Waals surface area (Å²) in [7, 11) is 1.25. The number of hydrogen-bond acceptors (Lipinski definition) is 11. The minimum Gasteiger partial charge on any atom is -0.464 e. The van der Waals surface area contributed by atoms with Crippen molar-refractivity contribution in [1.29, 1.82) is 0 Å². The van der Waals surface area contributed by atoms with Gasteiger partial charge in [-0.15, -0.1) is 0 Å². The first kappa shape index (κ1) is 27.0. The van der Waals surface area contributed by atoms with Gasteiger partial charge in [-0.05, 0) is 31.2 Å². The van der Waals surface area contributed by atoms with E-state index in [1.165, 1.54) is 31.4 Å². The number of anilines is 1. The summed E-state index contributed by atoms with van der Waals surface area (Å²) < 4.78 is 45.7. The molecule has 11 nitrogen and oxygen atoms in total. The van der Waals surface area contributed by atoms with Crippen LogP contribution in [0.4, 0.5) is 10.1 Å². The number of carbonyl (C=O) groups is 4. The van der Waals surface area contributed by atoms with Gasteiger partial charge < -0.3 is 33.7 Å². The van der Waals surface area contributed by atoms with E-state index < -0.39 is 66.4 Å². The van der Waals surface area contributed by atoms with E-state index in [0.29, 0.717) is 5.69 Å². The zero-order chi connectivity index (χ0) is 25.4. The number of carbonyl (C=O) groups excluding carboxylic acids is 4. The monoisotopic (exact) mass is 485 g/mol. The zero-order valence-electron chi connectivity index (χ0n) is 19.4. The third-order valence-electron chi connectivity index (χ3n) is 4.70. The van der Waals surface area contributed by atoms with Crippen molar-refractivity contribution < 1.29 is 52.0 Å². The fourth-order valence-electron chi connectivity index (χ4n) is 3.50. The molecule has 1 aromatic rings. The van der Waals surface area contributed by atoms with Gasteiger partial charge in [0.2, 0.25) is 0 Å². The van der Waals surface area contributed by atoms with Crippen molar-refractivity contribution in [3.63, 3.8) is 0 Å². The van der Waals surface area contributed by atoms with Crippen LogP contribution in [0.1, 0.15) is 27.7 Å². The molecule has 188 valence electrons. The van der Waals surface area contributed by atoms with Crippen LogP contribution < -0.4 is 5.32 Å². The Kier molecular flexibility index (Phi) is 9.75. The Morgan fingerprint density at radius 1 is 0.941 bits per heavy atom. The van der Waals surface area contributed by atoms with Crippen molar-refractivity contribution in [2.45, 2.75) is 64.4 Å². The lowest BCUT2D eigenvalue weighted by molar-refractivity contribution is -0.299. The molecular formula is C22H28FNO10. The molecule has 0 aliphatic carbocycles. The van der Waals surface area contributed by atoms with Crippen LogP contribution in [0, 0.1) is 5.82 Å². The van der Waals surface area contributed by atoms with E-state index in [2.05, 4.69) is 5.32 Å². The molecule has 1 aliphatic heterocycles. The van der Waals surface area contributed by atoms with Gasteiger partial charge in [-0.3, -0.25) is 14.4 Å². The lowest BCUT2D eigenvalue weighted by Crippen LogP contribution is -2.66. The summed E-state index contributed by atoms with van der Waals surface area (Å²) in [6.45, 7) is 4.96. The quantitative estimate of drug-likeness (QED) is 0.401. The van der Waals surface area contributed by atoms with E-state index >= 15 is 0 Å². The number of ether oxygens (including phenoxy) is 6. The summed E-state index contributed by atoms with van der Waals surface area (Å²) in [4.78, 5) is 48.5. The van der Waals surface area contributed by atoms with E-state index in [0.717, 1.165) is 20.8 Å². The van der Waals surface area contributed by atoms with Gasteiger partial charge in [-0.25, -0.2) is 9.18 Å². The zero-order valence-corrected chi connectivity index (χ0v) is 19.4. The Bertz CT molecular complexity index is 877. The lowest BCUT2D eigenvalue weighted by Gasteiger charge is -2.45. The van der Waals surface area contributed by atoms with Crippen LogP contribution in [0.25, 0.3) is 0 Å². The molecule has 1 fully saturated rings. The number of rotatable bonds is 9.